The Morgan fingerprint density at radius 3 is 2.60 bits per heavy atom. The Bertz CT molecular complexity index is 296. The van der Waals surface area contributed by atoms with Crippen molar-refractivity contribution in [3.63, 3.8) is 0 Å². The summed E-state index contributed by atoms with van der Waals surface area (Å²) in [4.78, 5) is 2.25. The van der Waals surface area contributed by atoms with E-state index >= 15 is 0 Å². The highest BCUT2D eigenvalue weighted by molar-refractivity contribution is 5.52. The molecule has 0 aliphatic rings. The van der Waals surface area contributed by atoms with Crippen LogP contribution >= 0.6 is 0 Å². The van der Waals surface area contributed by atoms with E-state index in [4.69, 9.17) is 5.73 Å². The second-order valence-corrected chi connectivity index (χ2v) is 4.22. The Morgan fingerprint density at radius 1 is 1.33 bits per heavy atom. The van der Waals surface area contributed by atoms with Gasteiger partial charge in [-0.25, -0.2) is 0 Å². The first-order valence-electron chi connectivity index (χ1n) is 5.67. The molecule has 1 atom stereocenters. The molecule has 1 unspecified atom stereocenters. The summed E-state index contributed by atoms with van der Waals surface area (Å²) in [6.07, 6.45) is 2.25. The van der Waals surface area contributed by atoms with Gasteiger partial charge in [-0.2, -0.15) is 0 Å². The maximum atomic E-state index is 6.03. The van der Waals surface area contributed by atoms with Crippen LogP contribution in [0.3, 0.4) is 0 Å². The average Bonchev–Trinajstić information content (AvgIpc) is 2.18. The van der Waals surface area contributed by atoms with E-state index in [1.165, 1.54) is 11.3 Å². The Morgan fingerprint density at radius 2 is 2.00 bits per heavy atom. The third-order valence-corrected chi connectivity index (χ3v) is 2.69. The van der Waals surface area contributed by atoms with Crippen LogP contribution in [0.5, 0.6) is 0 Å². The highest BCUT2D eigenvalue weighted by Gasteiger charge is 2.07. The van der Waals surface area contributed by atoms with E-state index in [1.807, 2.05) is 0 Å². The Labute approximate surface area is 93.1 Å². The quantitative estimate of drug-likeness (QED) is 0.802. The fraction of sp³-hybridized carbons (Fsp3) is 0.538. The fourth-order valence-corrected chi connectivity index (χ4v) is 1.90. The summed E-state index contributed by atoms with van der Waals surface area (Å²) in [5.74, 6) is 0. The van der Waals surface area contributed by atoms with Crippen molar-refractivity contribution in [2.45, 2.75) is 32.7 Å². The van der Waals surface area contributed by atoms with Crippen LogP contribution in [0.4, 0.5) is 5.69 Å². The molecular weight excluding hydrogens is 184 g/mol. The number of anilines is 1. The Hall–Kier alpha value is -1.02. The van der Waals surface area contributed by atoms with Crippen LogP contribution in [-0.4, -0.2) is 19.6 Å². The van der Waals surface area contributed by atoms with Crippen molar-refractivity contribution in [2.75, 3.05) is 18.5 Å². The summed E-state index contributed by atoms with van der Waals surface area (Å²) in [5.41, 5.74) is 8.62. The van der Waals surface area contributed by atoms with Gasteiger partial charge in [0.15, 0.2) is 0 Å². The SMILES string of the molecule is CCCC(N)CN(C)c1ccccc1C. The lowest BCUT2D eigenvalue weighted by molar-refractivity contribution is 0.597. The molecule has 0 bridgehead atoms. The van der Waals surface area contributed by atoms with Gasteiger partial charge in [-0.1, -0.05) is 31.5 Å². The number of nitrogens with two attached hydrogens (primary N) is 1. The molecule has 0 heterocycles. The molecule has 2 nitrogen and oxygen atoms in total. The zero-order chi connectivity index (χ0) is 11.3. The van der Waals surface area contributed by atoms with E-state index in [9.17, 15) is 0 Å². The van der Waals surface area contributed by atoms with Crippen LogP contribution in [0.25, 0.3) is 0 Å². The highest BCUT2D eigenvalue weighted by Crippen LogP contribution is 2.17. The molecule has 1 rings (SSSR count). The van der Waals surface area contributed by atoms with Gasteiger partial charge in [0.05, 0.1) is 0 Å². The largest absolute Gasteiger partial charge is 0.373 e. The van der Waals surface area contributed by atoms with Crippen molar-refractivity contribution in [2.24, 2.45) is 5.73 Å². The molecule has 0 aromatic heterocycles. The van der Waals surface area contributed by atoms with Crippen LogP contribution < -0.4 is 10.6 Å². The molecule has 0 saturated heterocycles. The minimum atomic E-state index is 0.277. The summed E-state index contributed by atoms with van der Waals surface area (Å²) in [7, 11) is 2.11. The minimum Gasteiger partial charge on any atom is -0.373 e. The molecule has 0 fully saturated rings. The molecule has 0 aliphatic heterocycles. The number of nitrogens with zero attached hydrogens (tertiary/aromatic N) is 1. The summed E-state index contributed by atoms with van der Waals surface area (Å²) >= 11 is 0. The van der Waals surface area contributed by atoms with Gasteiger partial charge in [-0.15, -0.1) is 0 Å². The summed E-state index contributed by atoms with van der Waals surface area (Å²) in [5, 5.41) is 0. The molecule has 0 radical (unpaired) electrons. The lowest BCUT2D eigenvalue weighted by atomic mass is 10.1. The van der Waals surface area contributed by atoms with E-state index in [0.29, 0.717) is 0 Å². The van der Waals surface area contributed by atoms with Crippen LogP contribution in [0.1, 0.15) is 25.3 Å². The van der Waals surface area contributed by atoms with Gasteiger partial charge >= 0.3 is 0 Å². The maximum Gasteiger partial charge on any atom is 0.0393 e. The van der Waals surface area contributed by atoms with Crippen molar-refractivity contribution in [1.29, 1.82) is 0 Å². The third-order valence-electron chi connectivity index (χ3n) is 2.69. The Balaban J connectivity index is 2.61. The monoisotopic (exact) mass is 206 g/mol. The van der Waals surface area contributed by atoms with Crippen LogP contribution in [0.15, 0.2) is 24.3 Å². The van der Waals surface area contributed by atoms with Gasteiger partial charge in [-0.3, -0.25) is 0 Å². The van der Waals surface area contributed by atoms with Crippen LogP contribution in [-0.2, 0) is 0 Å². The second-order valence-electron chi connectivity index (χ2n) is 4.22. The number of likely N-dealkylation sites (N-methyl/N-ethyl adjacent to an activating group) is 1. The van der Waals surface area contributed by atoms with Gasteiger partial charge in [0.2, 0.25) is 0 Å². The maximum absolute atomic E-state index is 6.03. The van der Waals surface area contributed by atoms with E-state index in [0.717, 1.165) is 19.4 Å². The second kappa shape index (κ2) is 5.76. The number of aryl methyl sites for hydroxylation is 1. The lowest BCUT2D eigenvalue weighted by Crippen LogP contribution is -2.35. The highest BCUT2D eigenvalue weighted by atomic mass is 15.1. The van der Waals surface area contributed by atoms with E-state index in [1.54, 1.807) is 0 Å². The van der Waals surface area contributed by atoms with Gasteiger partial charge in [-0.05, 0) is 25.0 Å². The van der Waals surface area contributed by atoms with E-state index in [2.05, 4.69) is 50.1 Å². The molecule has 2 N–H and O–H groups in total. The van der Waals surface area contributed by atoms with Crippen molar-refractivity contribution in [1.82, 2.24) is 0 Å². The molecule has 1 aromatic carbocycles. The summed E-state index contributed by atoms with van der Waals surface area (Å²) in [6, 6.07) is 8.70. The third kappa shape index (κ3) is 3.56. The number of hydrogen-bond donors (Lipinski definition) is 1. The predicted octanol–water partition coefficient (Wildman–Crippen LogP) is 2.56. The molecule has 0 amide bonds. The topological polar surface area (TPSA) is 29.3 Å². The summed E-state index contributed by atoms with van der Waals surface area (Å²) in [6.45, 7) is 5.24. The van der Waals surface area contributed by atoms with Crippen LogP contribution in [0.2, 0.25) is 0 Å². The fourth-order valence-electron chi connectivity index (χ4n) is 1.90. The zero-order valence-corrected chi connectivity index (χ0v) is 10.0. The van der Waals surface area contributed by atoms with Crippen molar-refractivity contribution < 1.29 is 0 Å². The average molecular weight is 206 g/mol. The number of para-hydroxylation sites is 1. The smallest absolute Gasteiger partial charge is 0.0393 e. The van der Waals surface area contributed by atoms with E-state index < -0.39 is 0 Å². The van der Waals surface area contributed by atoms with Crippen molar-refractivity contribution >= 4 is 5.69 Å². The normalized spacial score (nSPS) is 12.5. The number of hydrogen-bond acceptors (Lipinski definition) is 2. The molecule has 0 spiro atoms. The van der Waals surface area contributed by atoms with E-state index in [-0.39, 0.29) is 6.04 Å². The molecule has 2 heteroatoms. The van der Waals surface area contributed by atoms with Crippen molar-refractivity contribution in [3.05, 3.63) is 29.8 Å². The number of rotatable bonds is 5. The van der Waals surface area contributed by atoms with Gasteiger partial charge in [0.25, 0.3) is 0 Å². The molecule has 1 aromatic rings. The van der Waals surface area contributed by atoms with Gasteiger partial charge in [0, 0.05) is 25.3 Å². The molecule has 0 saturated carbocycles. The van der Waals surface area contributed by atoms with Gasteiger partial charge < -0.3 is 10.6 Å². The first kappa shape index (κ1) is 12.1. The molecule has 84 valence electrons. The van der Waals surface area contributed by atoms with Crippen LogP contribution in [0, 0.1) is 6.92 Å². The lowest BCUT2D eigenvalue weighted by Gasteiger charge is -2.24. The molecular formula is C13H22N2. The molecule has 15 heavy (non-hydrogen) atoms. The number of benzene rings is 1. The summed E-state index contributed by atoms with van der Waals surface area (Å²) < 4.78 is 0. The first-order chi connectivity index (χ1) is 7.15. The predicted molar refractivity (Wildman–Crippen MR) is 67.3 cm³/mol. The van der Waals surface area contributed by atoms with Gasteiger partial charge in [0.1, 0.15) is 0 Å². The standard InChI is InChI=1S/C13H22N2/c1-4-7-12(14)10-15(3)13-9-6-5-8-11(13)2/h5-6,8-9,12H,4,7,10,14H2,1-3H3. The molecule has 0 aliphatic carbocycles. The van der Waals surface area contributed by atoms with Crippen molar-refractivity contribution in [3.8, 4) is 0 Å². The first-order valence-corrected chi connectivity index (χ1v) is 5.67. The minimum absolute atomic E-state index is 0.277. The Kier molecular flexibility index (Phi) is 4.63. The zero-order valence-electron chi connectivity index (χ0n) is 10.0.